The van der Waals surface area contributed by atoms with Crippen LogP contribution >= 0.6 is 0 Å². The van der Waals surface area contributed by atoms with Gasteiger partial charge in [-0.25, -0.2) is 13.2 Å². The summed E-state index contributed by atoms with van der Waals surface area (Å²) in [5.41, 5.74) is -0.387. The first kappa shape index (κ1) is 17.3. The van der Waals surface area contributed by atoms with Gasteiger partial charge in [0.2, 0.25) is 5.91 Å². The fourth-order valence-corrected chi connectivity index (χ4v) is 2.59. The SMILES string of the molecule is CC(=O)N1CC[NH+]([C@H](C)C(=O)Nc2ccc(F)c(F)c2F)CC1. The molecule has 0 saturated carbocycles. The first-order valence-corrected chi connectivity index (χ1v) is 7.35. The van der Waals surface area contributed by atoms with Crippen LogP contribution in [-0.2, 0) is 9.59 Å². The maximum absolute atomic E-state index is 13.6. The van der Waals surface area contributed by atoms with Gasteiger partial charge in [-0.1, -0.05) is 0 Å². The van der Waals surface area contributed by atoms with Gasteiger partial charge in [0.25, 0.3) is 5.91 Å². The number of halogens is 3. The van der Waals surface area contributed by atoms with E-state index in [0.717, 1.165) is 17.0 Å². The molecule has 0 unspecified atom stereocenters. The minimum absolute atomic E-state index is 0.00925. The van der Waals surface area contributed by atoms with Crippen LogP contribution in [0.4, 0.5) is 18.9 Å². The fourth-order valence-electron chi connectivity index (χ4n) is 2.59. The summed E-state index contributed by atoms with van der Waals surface area (Å²) in [6, 6.07) is 1.25. The molecular weight excluding hydrogens is 311 g/mol. The van der Waals surface area contributed by atoms with Gasteiger partial charge in [-0.05, 0) is 19.1 Å². The molecule has 126 valence electrons. The second-order valence-corrected chi connectivity index (χ2v) is 5.60. The molecule has 1 heterocycles. The summed E-state index contributed by atoms with van der Waals surface area (Å²) in [7, 11) is 0. The number of nitrogens with one attached hydrogen (secondary N) is 2. The number of hydrogen-bond acceptors (Lipinski definition) is 2. The number of nitrogens with zero attached hydrogens (tertiary/aromatic N) is 1. The Kier molecular flexibility index (Phi) is 5.25. The molecule has 2 N–H and O–H groups in total. The lowest BCUT2D eigenvalue weighted by Crippen LogP contribution is -3.19. The van der Waals surface area contributed by atoms with E-state index in [1.807, 2.05) is 0 Å². The third kappa shape index (κ3) is 3.82. The van der Waals surface area contributed by atoms with E-state index < -0.39 is 29.4 Å². The van der Waals surface area contributed by atoms with Crippen molar-refractivity contribution in [3.05, 3.63) is 29.6 Å². The number of carbonyl (C=O) groups is 2. The normalized spacial score (nSPS) is 17.0. The smallest absolute Gasteiger partial charge is 0.282 e. The van der Waals surface area contributed by atoms with Crippen LogP contribution in [-0.4, -0.2) is 48.9 Å². The minimum atomic E-state index is -1.61. The highest BCUT2D eigenvalue weighted by atomic mass is 19.2. The zero-order valence-corrected chi connectivity index (χ0v) is 13.0. The molecule has 1 saturated heterocycles. The Labute approximate surface area is 132 Å². The van der Waals surface area contributed by atoms with Gasteiger partial charge in [-0.3, -0.25) is 9.59 Å². The topological polar surface area (TPSA) is 53.9 Å². The Hall–Kier alpha value is -2.09. The lowest BCUT2D eigenvalue weighted by Gasteiger charge is -2.34. The van der Waals surface area contributed by atoms with E-state index in [4.69, 9.17) is 0 Å². The Bertz CT molecular complexity index is 616. The van der Waals surface area contributed by atoms with E-state index in [0.29, 0.717) is 26.2 Å². The molecule has 1 aromatic carbocycles. The van der Waals surface area contributed by atoms with Crippen LogP contribution in [0.1, 0.15) is 13.8 Å². The lowest BCUT2D eigenvalue weighted by atomic mass is 10.2. The Balaban J connectivity index is 1.99. The second-order valence-electron chi connectivity index (χ2n) is 5.60. The highest BCUT2D eigenvalue weighted by Gasteiger charge is 2.30. The number of piperazine rings is 1. The van der Waals surface area contributed by atoms with Gasteiger partial charge in [-0.2, -0.15) is 0 Å². The van der Waals surface area contributed by atoms with Gasteiger partial charge < -0.3 is 15.1 Å². The van der Waals surface area contributed by atoms with Crippen LogP contribution in [0.5, 0.6) is 0 Å². The summed E-state index contributed by atoms with van der Waals surface area (Å²) in [6.45, 7) is 5.44. The minimum Gasteiger partial charge on any atom is -0.332 e. The van der Waals surface area contributed by atoms with Gasteiger partial charge in [0, 0.05) is 6.92 Å². The van der Waals surface area contributed by atoms with Crippen molar-refractivity contribution in [1.29, 1.82) is 0 Å². The van der Waals surface area contributed by atoms with Crippen molar-refractivity contribution in [3.63, 3.8) is 0 Å². The molecule has 1 aliphatic rings. The molecule has 1 atom stereocenters. The van der Waals surface area contributed by atoms with Crippen LogP contribution < -0.4 is 10.2 Å². The molecular formula is C15H19F3N3O2+. The molecule has 1 aromatic rings. The van der Waals surface area contributed by atoms with Gasteiger partial charge in [0.05, 0.1) is 31.9 Å². The van der Waals surface area contributed by atoms with Gasteiger partial charge >= 0.3 is 0 Å². The largest absolute Gasteiger partial charge is 0.332 e. The average molecular weight is 330 g/mol. The van der Waals surface area contributed by atoms with Crippen molar-refractivity contribution in [2.45, 2.75) is 19.9 Å². The van der Waals surface area contributed by atoms with E-state index >= 15 is 0 Å². The standard InChI is InChI=1S/C15H18F3N3O2/c1-9(20-5-7-21(8-6-20)10(2)22)15(23)19-12-4-3-11(16)13(17)14(12)18/h3-4,9H,5-8H2,1-2H3,(H,19,23)/p+1/t9-/m1/s1. The van der Waals surface area contributed by atoms with Crippen LogP contribution in [0.25, 0.3) is 0 Å². The summed E-state index contributed by atoms with van der Waals surface area (Å²) >= 11 is 0. The van der Waals surface area contributed by atoms with Gasteiger partial charge in [-0.15, -0.1) is 0 Å². The highest BCUT2D eigenvalue weighted by Crippen LogP contribution is 2.19. The third-order valence-corrected chi connectivity index (χ3v) is 4.15. The molecule has 23 heavy (non-hydrogen) atoms. The van der Waals surface area contributed by atoms with E-state index in [1.165, 1.54) is 6.92 Å². The zero-order chi connectivity index (χ0) is 17.1. The number of hydrogen-bond donors (Lipinski definition) is 2. The predicted molar refractivity (Wildman–Crippen MR) is 77.4 cm³/mol. The van der Waals surface area contributed by atoms with Gasteiger partial charge in [0.1, 0.15) is 0 Å². The second kappa shape index (κ2) is 6.99. The van der Waals surface area contributed by atoms with Crippen LogP contribution in [0, 0.1) is 17.5 Å². The first-order chi connectivity index (χ1) is 10.8. The molecule has 1 fully saturated rings. The molecule has 0 spiro atoms. The zero-order valence-electron chi connectivity index (χ0n) is 13.0. The fraction of sp³-hybridized carbons (Fsp3) is 0.467. The number of amides is 2. The molecule has 1 aliphatic heterocycles. The molecule has 2 amide bonds. The van der Waals surface area contributed by atoms with Crippen molar-refractivity contribution in [2.75, 3.05) is 31.5 Å². The summed E-state index contributed by atoms with van der Waals surface area (Å²) in [6.07, 6.45) is 0. The number of rotatable bonds is 3. The van der Waals surface area contributed by atoms with Gasteiger partial charge in [0.15, 0.2) is 23.5 Å². The first-order valence-electron chi connectivity index (χ1n) is 7.35. The highest BCUT2D eigenvalue weighted by molar-refractivity contribution is 5.93. The Morgan fingerprint density at radius 1 is 1.17 bits per heavy atom. The average Bonchev–Trinajstić information content (AvgIpc) is 2.54. The quantitative estimate of drug-likeness (QED) is 0.777. The van der Waals surface area contributed by atoms with Crippen LogP contribution in [0.2, 0.25) is 0 Å². The monoisotopic (exact) mass is 330 g/mol. The van der Waals surface area contributed by atoms with E-state index in [-0.39, 0.29) is 11.6 Å². The summed E-state index contributed by atoms with van der Waals surface area (Å²) in [4.78, 5) is 26.1. The maximum Gasteiger partial charge on any atom is 0.282 e. The Morgan fingerprint density at radius 3 is 2.35 bits per heavy atom. The Morgan fingerprint density at radius 2 is 1.78 bits per heavy atom. The maximum atomic E-state index is 13.6. The summed E-state index contributed by atoms with van der Waals surface area (Å²) in [5, 5.41) is 2.29. The molecule has 0 radical (unpaired) electrons. The van der Waals surface area contributed by atoms with E-state index in [2.05, 4.69) is 5.32 Å². The number of carbonyl (C=O) groups excluding carboxylic acids is 2. The molecule has 2 rings (SSSR count). The van der Waals surface area contributed by atoms with E-state index in [9.17, 15) is 22.8 Å². The molecule has 8 heteroatoms. The van der Waals surface area contributed by atoms with E-state index in [1.54, 1.807) is 11.8 Å². The predicted octanol–water partition coefficient (Wildman–Crippen LogP) is 0.178. The van der Waals surface area contributed by atoms with Crippen molar-refractivity contribution >= 4 is 17.5 Å². The van der Waals surface area contributed by atoms with Crippen molar-refractivity contribution in [1.82, 2.24) is 4.90 Å². The third-order valence-electron chi connectivity index (χ3n) is 4.15. The number of benzene rings is 1. The van der Waals surface area contributed by atoms with Crippen molar-refractivity contribution in [3.8, 4) is 0 Å². The lowest BCUT2D eigenvalue weighted by molar-refractivity contribution is -0.917. The molecule has 0 aliphatic carbocycles. The van der Waals surface area contributed by atoms with Crippen molar-refractivity contribution < 1.29 is 27.7 Å². The molecule has 0 bridgehead atoms. The number of quaternary nitrogens is 1. The number of anilines is 1. The van der Waals surface area contributed by atoms with Crippen LogP contribution in [0.15, 0.2) is 12.1 Å². The summed E-state index contributed by atoms with van der Waals surface area (Å²) < 4.78 is 39.6. The van der Waals surface area contributed by atoms with Crippen molar-refractivity contribution in [2.24, 2.45) is 0 Å². The summed E-state index contributed by atoms with van der Waals surface area (Å²) in [5.74, 6) is -4.83. The molecule has 5 nitrogen and oxygen atoms in total. The molecule has 0 aromatic heterocycles. The van der Waals surface area contributed by atoms with Crippen LogP contribution in [0.3, 0.4) is 0 Å².